The zero-order valence-corrected chi connectivity index (χ0v) is 5.55. The van der Waals surface area contributed by atoms with Crippen LogP contribution >= 0.6 is 22.6 Å². The van der Waals surface area contributed by atoms with Crippen molar-refractivity contribution in [2.75, 3.05) is 11.0 Å². The largest absolute Gasteiger partial charge is 0.395 e. The van der Waals surface area contributed by atoms with E-state index in [0.717, 1.165) is 4.43 Å². The van der Waals surface area contributed by atoms with E-state index in [1.54, 1.807) is 0 Å². The van der Waals surface area contributed by atoms with E-state index in [0.29, 0.717) is 0 Å². The molecule has 0 aromatic heterocycles. The molecule has 3 heteroatoms. The molecule has 38 valence electrons. The van der Waals surface area contributed by atoms with Gasteiger partial charge in [0.2, 0.25) is 0 Å². The fourth-order valence-electron chi connectivity index (χ4n) is 0.0488. The van der Waals surface area contributed by atoms with Crippen LogP contribution in [0.3, 0.4) is 0 Å². The zero-order valence-electron chi connectivity index (χ0n) is 3.39. The fraction of sp³-hybridized carbons (Fsp3) is 1.00. The number of aliphatic hydroxyl groups excluding tert-OH is 1. The van der Waals surface area contributed by atoms with Crippen LogP contribution in [0.5, 0.6) is 0 Å². The van der Waals surface area contributed by atoms with Crippen LogP contribution in [0.2, 0.25) is 0 Å². The summed E-state index contributed by atoms with van der Waals surface area (Å²) in [6, 6.07) is -0.0226. The molecule has 6 heavy (non-hydrogen) atoms. The number of nitrogens with two attached hydrogens (primary N) is 1. The highest BCUT2D eigenvalue weighted by Gasteiger charge is 1.91. The Balaban J connectivity index is 2.75. The van der Waals surface area contributed by atoms with Gasteiger partial charge in [0.1, 0.15) is 0 Å². The van der Waals surface area contributed by atoms with E-state index < -0.39 is 0 Å². The van der Waals surface area contributed by atoms with Crippen LogP contribution < -0.4 is 5.73 Å². The molecule has 0 saturated heterocycles. The van der Waals surface area contributed by atoms with Gasteiger partial charge >= 0.3 is 0 Å². The Bertz CT molecular complexity index is 30.0. The zero-order chi connectivity index (χ0) is 4.99. The maximum absolute atomic E-state index is 8.20. The molecule has 0 unspecified atom stereocenters. The number of alkyl halides is 1. The molecule has 0 aromatic carbocycles. The number of hydrogen-bond donors (Lipinski definition) is 2. The van der Waals surface area contributed by atoms with Crippen molar-refractivity contribution in [2.24, 2.45) is 5.73 Å². The summed E-state index contributed by atoms with van der Waals surface area (Å²) in [6.07, 6.45) is 0. The SMILES string of the molecule is N[C@@H](CO)CI. The van der Waals surface area contributed by atoms with Gasteiger partial charge in [0, 0.05) is 10.5 Å². The molecule has 0 amide bonds. The van der Waals surface area contributed by atoms with Crippen molar-refractivity contribution < 1.29 is 5.11 Å². The monoisotopic (exact) mass is 201 g/mol. The molecule has 2 nitrogen and oxygen atoms in total. The van der Waals surface area contributed by atoms with Gasteiger partial charge in [-0.3, -0.25) is 0 Å². The standard InChI is InChI=1S/C3H8INO/c4-1-3(5)2-6/h3,6H,1-2,5H2/t3-/m1/s1. The van der Waals surface area contributed by atoms with E-state index in [4.69, 9.17) is 10.8 Å². The summed E-state index contributed by atoms with van der Waals surface area (Å²) >= 11 is 2.13. The third-order valence-corrected chi connectivity index (χ3v) is 1.56. The highest BCUT2D eigenvalue weighted by atomic mass is 127. The molecule has 0 saturated carbocycles. The smallest absolute Gasteiger partial charge is 0.0590 e. The predicted octanol–water partition coefficient (Wildman–Crippen LogP) is -0.259. The molecule has 1 atom stereocenters. The summed E-state index contributed by atoms with van der Waals surface area (Å²) in [5.74, 6) is 0. The number of hydrogen-bond acceptors (Lipinski definition) is 2. The van der Waals surface area contributed by atoms with Crippen molar-refractivity contribution in [3.05, 3.63) is 0 Å². The van der Waals surface area contributed by atoms with Gasteiger partial charge in [-0.25, -0.2) is 0 Å². The van der Waals surface area contributed by atoms with Crippen molar-refractivity contribution >= 4 is 22.6 Å². The van der Waals surface area contributed by atoms with Gasteiger partial charge in [-0.15, -0.1) is 0 Å². The molecule has 0 heterocycles. The fourth-order valence-corrected chi connectivity index (χ4v) is 0.327. The first-order chi connectivity index (χ1) is 2.81. The second-order valence-electron chi connectivity index (χ2n) is 1.10. The minimum Gasteiger partial charge on any atom is -0.395 e. The molecule has 0 radical (unpaired) electrons. The summed E-state index contributed by atoms with van der Waals surface area (Å²) in [5, 5.41) is 8.20. The van der Waals surface area contributed by atoms with E-state index in [2.05, 4.69) is 22.6 Å². The number of rotatable bonds is 2. The molecule has 0 aromatic rings. The highest BCUT2D eigenvalue weighted by Crippen LogP contribution is 1.83. The van der Waals surface area contributed by atoms with E-state index in [1.807, 2.05) is 0 Å². The molecular formula is C3H8INO. The lowest BCUT2D eigenvalue weighted by molar-refractivity contribution is 0.276. The quantitative estimate of drug-likeness (QED) is 0.477. The molecule has 0 bridgehead atoms. The van der Waals surface area contributed by atoms with Gasteiger partial charge in [0.15, 0.2) is 0 Å². The second kappa shape index (κ2) is 3.83. The van der Waals surface area contributed by atoms with Crippen LogP contribution in [0.25, 0.3) is 0 Å². The second-order valence-corrected chi connectivity index (χ2v) is 1.98. The maximum Gasteiger partial charge on any atom is 0.0590 e. The predicted molar refractivity (Wildman–Crippen MR) is 33.9 cm³/mol. The first-order valence-electron chi connectivity index (χ1n) is 1.73. The molecule has 0 spiro atoms. The average Bonchev–Trinajstić information content (AvgIpc) is 1.65. The first kappa shape index (κ1) is 6.65. The molecule has 0 aliphatic heterocycles. The first-order valence-corrected chi connectivity index (χ1v) is 3.26. The van der Waals surface area contributed by atoms with Gasteiger partial charge in [0.25, 0.3) is 0 Å². The van der Waals surface area contributed by atoms with Crippen molar-refractivity contribution in [2.45, 2.75) is 6.04 Å². The Morgan fingerprint density at radius 2 is 2.33 bits per heavy atom. The molecule has 0 rings (SSSR count). The molecule has 3 N–H and O–H groups in total. The Hall–Kier alpha value is 0.650. The Labute approximate surface area is 50.9 Å². The molecule has 0 fully saturated rings. The lowest BCUT2D eigenvalue weighted by Gasteiger charge is -1.97. The van der Waals surface area contributed by atoms with Crippen LogP contribution in [0.1, 0.15) is 0 Å². The topological polar surface area (TPSA) is 46.2 Å². The Kier molecular flexibility index (Phi) is 4.24. The summed E-state index contributed by atoms with van der Waals surface area (Å²) in [7, 11) is 0. The van der Waals surface area contributed by atoms with Crippen molar-refractivity contribution in [3.63, 3.8) is 0 Å². The van der Waals surface area contributed by atoms with Gasteiger partial charge in [-0.2, -0.15) is 0 Å². The van der Waals surface area contributed by atoms with Crippen LogP contribution in [0.4, 0.5) is 0 Å². The van der Waals surface area contributed by atoms with Gasteiger partial charge in [0.05, 0.1) is 6.61 Å². The Morgan fingerprint density at radius 1 is 1.83 bits per heavy atom. The normalized spacial score (nSPS) is 14.5. The number of aliphatic hydroxyl groups is 1. The van der Waals surface area contributed by atoms with Crippen molar-refractivity contribution in [1.82, 2.24) is 0 Å². The summed E-state index contributed by atoms with van der Waals surface area (Å²) in [6.45, 7) is 0.100. The van der Waals surface area contributed by atoms with Crippen LogP contribution in [-0.2, 0) is 0 Å². The van der Waals surface area contributed by atoms with E-state index in [-0.39, 0.29) is 12.6 Å². The third-order valence-electron chi connectivity index (χ3n) is 0.433. The highest BCUT2D eigenvalue weighted by molar-refractivity contribution is 14.1. The Morgan fingerprint density at radius 3 is 2.33 bits per heavy atom. The minimum atomic E-state index is -0.0226. The summed E-state index contributed by atoms with van der Waals surface area (Å²) in [4.78, 5) is 0. The van der Waals surface area contributed by atoms with Crippen molar-refractivity contribution in [1.29, 1.82) is 0 Å². The minimum absolute atomic E-state index is 0.0226. The van der Waals surface area contributed by atoms with Gasteiger partial charge < -0.3 is 10.8 Å². The van der Waals surface area contributed by atoms with E-state index in [1.165, 1.54) is 0 Å². The van der Waals surface area contributed by atoms with Crippen LogP contribution in [0.15, 0.2) is 0 Å². The maximum atomic E-state index is 8.20. The molecule has 0 aliphatic rings. The summed E-state index contributed by atoms with van der Waals surface area (Å²) in [5.41, 5.74) is 5.21. The van der Waals surface area contributed by atoms with E-state index in [9.17, 15) is 0 Å². The molecule has 0 aliphatic carbocycles. The van der Waals surface area contributed by atoms with Crippen LogP contribution in [-0.4, -0.2) is 22.2 Å². The van der Waals surface area contributed by atoms with Gasteiger partial charge in [-0.05, 0) is 0 Å². The van der Waals surface area contributed by atoms with Crippen LogP contribution in [0, 0.1) is 0 Å². The van der Waals surface area contributed by atoms with Crippen molar-refractivity contribution in [3.8, 4) is 0 Å². The lowest BCUT2D eigenvalue weighted by atomic mass is 10.4. The molecular weight excluding hydrogens is 193 g/mol. The number of halogens is 1. The van der Waals surface area contributed by atoms with E-state index >= 15 is 0 Å². The summed E-state index contributed by atoms with van der Waals surface area (Å²) < 4.78 is 0.828. The van der Waals surface area contributed by atoms with Gasteiger partial charge in [-0.1, -0.05) is 22.6 Å². The third kappa shape index (κ3) is 2.87. The average molecular weight is 201 g/mol. The lowest BCUT2D eigenvalue weighted by Crippen LogP contribution is -2.25.